The summed E-state index contributed by atoms with van der Waals surface area (Å²) in [5, 5.41) is 0.613. The molecule has 0 fully saturated rings. The second kappa shape index (κ2) is 15.1. The molecule has 0 heterocycles. The second-order valence-electron chi connectivity index (χ2n) is 9.14. The third kappa shape index (κ3) is 9.58. The van der Waals surface area contributed by atoms with E-state index < -0.39 is 11.3 Å². The molecule has 2 rings (SSSR count). The lowest BCUT2D eigenvalue weighted by Gasteiger charge is -2.45. The Morgan fingerprint density at radius 2 is 1.33 bits per heavy atom. The Bertz CT molecular complexity index is 926. The maximum absolute atomic E-state index is 6.53. The Labute approximate surface area is 265 Å². The van der Waals surface area contributed by atoms with Gasteiger partial charge in [0.1, 0.15) is 5.75 Å². The normalized spacial score (nSPS) is 15.2. The second-order valence-corrected chi connectivity index (χ2v) is 17.6. The fourth-order valence-corrected chi connectivity index (χ4v) is 5.82. The van der Waals surface area contributed by atoms with Gasteiger partial charge in [-0.25, -0.2) is 0 Å². The van der Waals surface area contributed by atoms with Gasteiger partial charge in [-0.2, -0.15) is 0 Å². The van der Waals surface area contributed by atoms with Crippen molar-refractivity contribution in [3.63, 3.8) is 0 Å². The van der Waals surface area contributed by atoms with E-state index in [1.807, 2.05) is 42.5 Å². The summed E-state index contributed by atoms with van der Waals surface area (Å²) in [4.78, 5) is 0. The van der Waals surface area contributed by atoms with Crippen LogP contribution in [0.5, 0.6) is 5.75 Å². The van der Waals surface area contributed by atoms with Crippen molar-refractivity contribution >= 4 is 95.6 Å². The van der Waals surface area contributed by atoms with Crippen LogP contribution in [0.1, 0.15) is 27.7 Å². The zero-order valence-electron chi connectivity index (χ0n) is 20.7. The van der Waals surface area contributed by atoms with Gasteiger partial charge in [-0.05, 0) is 82.9 Å². The summed E-state index contributed by atoms with van der Waals surface area (Å²) in [6, 6.07) is 18.0. The summed E-state index contributed by atoms with van der Waals surface area (Å²) in [7, 11) is 0. The zero-order valence-corrected chi connectivity index (χ0v) is 30.2. The molecular weight excluding hydrogens is 856 g/mol. The van der Waals surface area contributed by atoms with E-state index in [9.17, 15) is 0 Å². The molecule has 0 amide bonds. The number of hydrogen-bond donors (Lipinski definition) is 0. The first-order chi connectivity index (χ1) is 16.8. The van der Waals surface area contributed by atoms with E-state index in [4.69, 9.17) is 18.9 Å². The number of hydrogen-bond acceptors (Lipinski definition) is 4. The van der Waals surface area contributed by atoms with Crippen LogP contribution in [0.15, 0.2) is 54.6 Å². The molecule has 0 aliphatic rings. The van der Waals surface area contributed by atoms with Crippen LogP contribution < -0.4 is 4.74 Å². The number of halogens is 6. The minimum absolute atomic E-state index is 0.184. The number of alkyl halides is 6. The molecule has 0 aromatic heterocycles. The van der Waals surface area contributed by atoms with E-state index in [1.54, 1.807) is 0 Å². The predicted octanol–water partition coefficient (Wildman–Crippen LogP) is 9.84. The van der Waals surface area contributed by atoms with Gasteiger partial charge in [-0.15, -0.1) is 0 Å². The van der Waals surface area contributed by atoms with Crippen LogP contribution in [0, 0.1) is 11.8 Å². The van der Waals surface area contributed by atoms with Gasteiger partial charge >= 0.3 is 0 Å². The SMILES string of the molecule is CC(C)COC(CBr)COC(Br)(Oc1cccc(-c2ccccc2)c1)C(Br)(Br)C(Br)(Br)OCC(C)C. The molecular formula is C26H32Br6O4. The van der Waals surface area contributed by atoms with E-state index in [0.29, 0.717) is 36.1 Å². The summed E-state index contributed by atoms with van der Waals surface area (Å²) >= 11 is 22.2. The summed E-state index contributed by atoms with van der Waals surface area (Å²) in [6.45, 7) is 9.75. The van der Waals surface area contributed by atoms with Gasteiger partial charge in [-0.1, -0.05) is 118 Å². The van der Waals surface area contributed by atoms with Gasteiger partial charge in [0.15, 0.2) is 0 Å². The molecule has 202 valence electrons. The molecule has 0 aliphatic heterocycles. The Morgan fingerprint density at radius 1 is 0.722 bits per heavy atom. The van der Waals surface area contributed by atoms with Crippen LogP contribution in [0.2, 0.25) is 0 Å². The van der Waals surface area contributed by atoms with Crippen LogP contribution >= 0.6 is 95.6 Å². The third-order valence-electron chi connectivity index (χ3n) is 4.82. The highest BCUT2D eigenvalue weighted by Crippen LogP contribution is 2.59. The molecule has 0 saturated heterocycles. The Balaban J connectivity index is 2.38. The summed E-state index contributed by atoms with van der Waals surface area (Å²) in [6.07, 6.45) is -0.184. The lowest BCUT2D eigenvalue weighted by Crippen LogP contribution is -2.58. The molecule has 0 spiro atoms. The first kappa shape index (κ1) is 33.2. The average molecular weight is 888 g/mol. The Kier molecular flexibility index (Phi) is 14.0. The number of ether oxygens (including phenoxy) is 4. The molecule has 4 nitrogen and oxygen atoms in total. The van der Waals surface area contributed by atoms with Crippen molar-refractivity contribution in [2.45, 2.75) is 45.1 Å². The fourth-order valence-electron chi connectivity index (χ4n) is 2.91. The Morgan fingerprint density at radius 3 is 1.92 bits per heavy atom. The van der Waals surface area contributed by atoms with Crippen molar-refractivity contribution in [1.82, 2.24) is 0 Å². The fraction of sp³-hybridized carbons (Fsp3) is 0.538. The van der Waals surface area contributed by atoms with Crippen LogP contribution in [0.25, 0.3) is 11.1 Å². The largest absolute Gasteiger partial charge is 0.450 e. The first-order valence-electron chi connectivity index (χ1n) is 11.6. The molecule has 0 aliphatic carbocycles. The van der Waals surface area contributed by atoms with Crippen molar-refractivity contribution in [2.24, 2.45) is 11.8 Å². The monoisotopic (exact) mass is 882 g/mol. The van der Waals surface area contributed by atoms with Gasteiger partial charge < -0.3 is 18.9 Å². The van der Waals surface area contributed by atoms with Crippen molar-refractivity contribution in [1.29, 1.82) is 0 Å². The van der Waals surface area contributed by atoms with Gasteiger partial charge in [0.05, 0.1) is 19.3 Å². The van der Waals surface area contributed by atoms with E-state index in [2.05, 4.69) is 135 Å². The molecule has 0 bridgehead atoms. The molecule has 36 heavy (non-hydrogen) atoms. The van der Waals surface area contributed by atoms with Crippen molar-refractivity contribution in [2.75, 3.05) is 25.2 Å². The molecule has 2 aromatic carbocycles. The Hall–Kier alpha value is 1.000. The summed E-state index contributed by atoms with van der Waals surface area (Å²) in [5.41, 5.74) is 2.11. The topological polar surface area (TPSA) is 36.9 Å². The smallest absolute Gasteiger partial charge is 0.298 e. The first-order valence-corrected chi connectivity index (χ1v) is 16.6. The summed E-state index contributed by atoms with van der Waals surface area (Å²) < 4.78 is 21.4. The summed E-state index contributed by atoms with van der Waals surface area (Å²) in [5.74, 6) is 1.33. The zero-order chi connectivity index (χ0) is 27.0. The molecule has 0 radical (unpaired) electrons. The van der Waals surface area contributed by atoms with Crippen LogP contribution in [0.4, 0.5) is 0 Å². The lowest BCUT2D eigenvalue weighted by molar-refractivity contribution is -0.148. The highest BCUT2D eigenvalue weighted by molar-refractivity contribution is 9.30. The van der Waals surface area contributed by atoms with E-state index >= 15 is 0 Å². The maximum Gasteiger partial charge on any atom is 0.298 e. The van der Waals surface area contributed by atoms with E-state index in [1.165, 1.54) is 0 Å². The van der Waals surface area contributed by atoms with Crippen molar-refractivity contribution in [3.8, 4) is 16.9 Å². The highest BCUT2D eigenvalue weighted by Gasteiger charge is 2.63. The van der Waals surface area contributed by atoms with Gasteiger partial charge in [0, 0.05) is 11.9 Å². The third-order valence-corrected chi connectivity index (χ3v) is 13.5. The van der Waals surface area contributed by atoms with Crippen LogP contribution in [0.3, 0.4) is 0 Å². The number of rotatable bonds is 15. The molecule has 10 heteroatoms. The highest BCUT2D eigenvalue weighted by atomic mass is 79.9. The van der Waals surface area contributed by atoms with Gasteiger partial charge in [-0.3, -0.25) is 0 Å². The van der Waals surface area contributed by atoms with E-state index in [0.717, 1.165) is 11.1 Å². The molecule has 0 N–H and O–H groups in total. The van der Waals surface area contributed by atoms with E-state index in [-0.39, 0.29) is 12.7 Å². The van der Waals surface area contributed by atoms with Crippen molar-refractivity contribution in [3.05, 3.63) is 54.6 Å². The predicted molar refractivity (Wildman–Crippen MR) is 170 cm³/mol. The maximum atomic E-state index is 6.53. The molecule has 0 saturated carbocycles. The van der Waals surface area contributed by atoms with Gasteiger partial charge in [0.25, 0.3) is 4.70 Å². The minimum atomic E-state index is -1.44. The quantitative estimate of drug-likeness (QED) is 0.132. The van der Waals surface area contributed by atoms with Crippen molar-refractivity contribution < 1.29 is 18.9 Å². The van der Waals surface area contributed by atoms with Crippen LogP contribution in [-0.2, 0) is 14.2 Å². The van der Waals surface area contributed by atoms with Gasteiger partial charge in [0.2, 0.25) is 6.65 Å². The van der Waals surface area contributed by atoms with Crippen LogP contribution in [-0.4, -0.2) is 42.6 Å². The molecule has 2 aromatic rings. The average Bonchev–Trinajstić information content (AvgIpc) is 2.83. The lowest BCUT2D eigenvalue weighted by atomic mass is 10.1. The number of benzene rings is 2. The molecule has 2 atom stereocenters. The molecule has 2 unspecified atom stereocenters. The minimum Gasteiger partial charge on any atom is -0.450 e. The standard InChI is InChI=1S/C26H32Br6O4/c1-18(2)15-33-23(14-27)17-35-26(32,24(28,29)25(30,31)34-16-19(3)4)36-22-12-8-11-21(13-22)20-9-6-5-7-10-20/h5-13,18-19,23H,14-17H2,1-4H3.